The average molecular weight is 758 g/mol. The molecular weight excluding hydrogens is 709 g/mol. The molecule has 0 amide bonds. The first-order valence-electron chi connectivity index (χ1n) is 15.2. The second-order valence-corrected chi connectivity index (χ2v) is 13.3. The molecule has 1 N–H and O–H groups in total. The second-order valence-electron chi connectivity index (χ2n) is 13.3. The zero-order valence-corrected chi connectivity index (χ0v) is 30.3. The van der Waals surface area contributed by atoms with Crippen LogP contribution in [0, 0.1) is 43.6 Å². The predicted octanol–water partition coefficient (Wildman–Crippen LogP) is 10.2. The van der Waals surface area contributed by atoms with Crippen LogP contribution in [0.3, 0.4) is 0 Å². The van der Waals surface area contributed by atoms with Crippen molar-refractivity contribution in [3.05, 3.63) is 82.9 Å². The Morgan fingerprint density at radius 3 is 2.19 bits per heavy atom. The van der Waals surface area contributed by atoms with Gasteiger partial charge in [-0.3, -0.25) is 9.78 Å². The number of aryl methyl sites for hydroxylation is 3. The molecule has 4 rings (SSSR count). The van der Waals surface area contributed by atoms with Gasteiger partial charge < -0.3 is 5.11 Å². The summed E-state index contributed by atoms with van der Waals surface area (Å²) in [5, 5.41) is 13.5. The molecule has 5 heteroatoms. The fraction of sp³-hybridized carbons (Fsp3) is 0.447. The van der Waals surface area contributed by atoms with E-state index in [1.807, 2.05) is 48.5 Å². The van der Waals surface area contributed by atoms with Crippen LogP contribution in [0.1, 0.15) is 90.7 Å². The molecule has 0 aliphatic heterocycles. The van der Waals surface area contributed by atoms with Gasteiger partial charge in [0.25, 0.3) is 0 Å². The maximum atomic E-state index is 11.8. The molecule has 0 spiro atoms. The Bertz CT molecular complexity index is 1600. The maximum Gasteiger partial charge on any atom is 0.164 e. The topological polar surface area (TPSA) is 63.1 Å². The molecule has 0 atom stereocenters. The fourth-order valence-electron chi connectivity index (χ4n) is 4.86. The van der Waals surface area contributed by atoms with Crippen LogP contribution < -0.4 is 0 Å². The maximum absolute atomic E-state index is 11.8. The minimum atomic E-state index is -0.377. The molecule has 0 bridgehead atoms. The van der Waals surface area contributed by atoms with Gasteiger partial charge in [-0.1, -0.05) is 99.6 Å². The first-order valence-corrected chi connectivity index (χ1v) is 15.2. The number of carbonyl (C=O) groups is 1. The number of hydrogen-bond donors (Lipinski definition) is 1. The third kappa shape index (κ3) is 8.83. The Kier molecular flexibility index (Phi) is 12.4. The Morgan fingerprint density at radius 1 is 0.953 bits per heavy atom. The molecule has 0 fully saturated rings. The summed E-state index contributed by atoms with van der Waals surface area (Å²) in [6, 6.07) is 18.7. The van der Waals surface area contributed by atoms with Crippen molar-refractivity contribution in [1.82, 2.24) is 9.97 Å². The third-order valence-electron chi connectivity index (χ3n) is 8.33. The summed E-state index contributed by atoms with van der Waals surface area (Å²) in [6.07, 6.45) is 4.04. The summed E-state index contributed by atoms with van der Waals surface area (Å²) in [6.45, 7) is 22.4. The summed E-state index contributed by atoms with van der Waals surface area (Å²) < 4.78 is 0. The van der Waals surface area contributed by atoms with Crippen LogP contribution in [0.15, 0.2) is 54.3 Å². The molecule has 4 aromatic rings. The quantitative estimate of drug-likeness (QED) is 0.0842. The van der Waals surface area contributed by atoms with Gasteiger partial charge in [0.15, 0.2) is 5.78 Å². The van der Waals surface area contributed by atoms with E-state index in [-0.39, 0.29) is 42.5 Å². The zero-order valence-electron chi connectivity index (χ0n) is 27.9. The van der Waals surface area contributed by atoms with Crippen molar-refractivity contribution in [1.29, 1.82) is 0 Å². The number of aliphatic hydroxyl groups excluding tert-OH is 1. The van der Waals surface area contributed by atoms with Crippen LogP contribution in [0.2, 0.25) is 0 Å². The number of nitrogens with zero attached hydrogens (tertiary/aromatic N) is 2. The van der Waals surface area contributed by atoms with Gasteiger partial charge in [-0.15, -0.1) is 34.9 Å². The standard InChI is InChI=1S/C25H25N2.C13H24O2.Ir/c1-15(2)11-20-8-6-7-19-9-10-22-24(21-13-16(3)12-17(4)14-21)26-18(5)27-25(22)23(19)20;1-7-12(3,4)10(14)9-11(15)13(5,6)8-2;/h6-10,12-13,15H,11H2,1-5H3;9,14H,7-8H2,1-6H3;/q-1;;/b;10-9-;. The van der Waals surface area contributed by atoms with E-state index in [0.717, 1.165) is 52.8 Å². The largest absolute Gasteiger partial charge is 0.512 e. The van der Waals surface area contributed by atoms with E-state index in [2.05, 4.69) is 76.2 Å². The number of carbonyl (C=O) groups excluding carboxylic acids is 1. The van der Waals surface area contributed by atoms with Crippen molar-refractivity contribution < 1.29 is 30.0 Å². The molecule has 0 saturated carbocycles. The van der Waals surface area contributed by atoms with E-state index in [4.69, 9.17) is 9.97 Å². The summed E-state index contributed by atoms with van der Waals surface area (Å²) in [4.78, 5) is 21.5. The van der Waals surface area contributed by atoms with Crippen LogP contribution in [0.5, 0.6) is 0 Å². The Labute approximate surface area is 272 Å². The van der Waals surface area contributed by atoms with E-state index < -0.39 is 0 Å². The molecule has 1 aromatic heterocycles. The van der Waals surface area contributed by atoms with Gasteiger partial charge >= 0.3 is 0 Å². The summed E-state index contributed by atoms with van der Waals surface area (Å²) in [5.74, 6) is 1.60. The smallest absolute Gasteiger partial charge is 0.164 e. The van der Waals surface area contributed by atoms with Gasteiger partial charge in [0.2, 0.25) is 0 Å². The van der Waals surface area contributed by atoms with Crippen LogP contribution in [-0.4, -0.2) is 20.9 Å². The summed E-state index contributed by atoms with van der Waals surface area (Å²) >= 11 is 0. The van der Waals surface area contributed by atoms with Crippen molar-refractivity contribution in [2.45, 2.75) is 95.4 Å². The number of ketones is 1. The molecule has 0 saturated heterocycles. The molecule has 4 nitrogen and oxygen atoms in total. The monoisotopic (exact) mass is 758 g/mol. The van der Waals surface area contributed by atoms with Gasteiger partial charge in [0.05, 0.1) is 5.52 Å². The SMILES string of the molecule is CCC(C)(C)C(=O)/C=C(\O)C(C)(C)CC.Cc1[c-]c(-c2nc(C)nc3c2ccc2cccc(CC(C)C)c23)cc(C)c1.[Ir]. The molecule has 1 heterocycles. The third-order valence-corrected chi connectivity index (χ3v) is 8.33. The molecule has 43 heavy (non-hydrogen) atoms. The van der Waals surface area contributed by atoms with Crippen LogP contribution in [-0.2, 0) is 31.3 Å². The molecule has 0 aliphatic carbocycles. The van der Waals surface area contributed by atoms with Crippen LogP contribution in [0.25, 0.3) is 32.9 Å². The van der Waals surface area contributed by atoms with E-state index in [0.29, 0.717) is 5.92 Å². The van der Waals surface area contributed by atoms with Crippen molar-refractivity contribution >= 4 is 27.5 Å². The van der Waals surface area contributed by atoms with E-state index in [1.54, 1.807) is 0 Å². The van der Waals surface area contributed by atoms with Crippen molar-refractivity contribution in [2.24, 2.45) is 16.7 Å². The Hall–Kier alpha value is -2.88. The summed E-state index contributed by atoms with van der Waals surface area (Å²) in [7, 11) is 0. The minimum absolute atomic E-state index is 0. The molecule has 0 unspecified atom stereocenters. The second kappa shape index (κ2) is 14.7. The summed E-state index contributed by atoms with van der Waals surface area (Å²) in [5.41, 5.74) is 6.12. The van der Waals surface area contributed by atoms with Crippen LogP contribution in [0.4, 0.5) is 0 Å². The minimum Gasteiger partial charge on any atom is -0.512 e. The molecule has 3 aromatic carbocycles. The molecule has 233 valence electrons. The molecule has 1 radical (unpaired) electrons. The van der Waals surface area contributed by atoms with Gasteiger partial charge in [0.1, 0.15) is 11.6 Å². The van der Waals surface area contributed by atoms with Gasteiger partial charge in [-0.05, 0) is 54.1 Å². The van der Waals surface area contributed by atoms with Gasteiger partial charge in [-0.25, -0.2) is 4.98 Å². The number of hydrogen-bond acceptors (Lipinski definition) is 4. The number of fused-ring (bicyclic) bond motifs is 3. The van der Waals surface area contributed by atoms with E-state index in [9.17, 15) is 9.90 Å². The fourth-order valence-corrected chi connectivity index (χ4v) is 4.86. The Balaban J connectivity index is 0.000000348. The number of aromatic nitrogens is 2. The van der Waals surface area contributed by atoms with E-state index in [1.165, 1.54) is 28.0 Å². The number of benzene rings is 3. The predicted molar refractivity (Wildman–Crippen MR) is 178 cm³/mol. The van der Waals surface area contributed by atoms with Gasteiger partial charge in [0, 0.05) is 42.4 Å². The normalized spacial score (nSPS) is 12.2. The van der Waals surface area contributed by atoms with Crippen molar-refractivity contribution in [3.63, 3.8) is 0 Å². The first-order chi connectivity index (χ1) is 19.6. The molecular formula is C38H49IrN2O2-. The van der Waals surface area contributed by atoms with E-state index >= 15 is 0 Å². The molecule has 0 aliphatic rings. The average Bonchev–Trinajstić information content (AvgIpc) is 2.91. The van der Waals surface area contributed by atoms with Gasteiger partial charge in [-0.2, -0.15) is 0 Å². The number of aliphatic hydroxyl groups is 1. The first kappa shape index (κ1) is 36.3. The number of allylic oxidation sites excluding steroid dienone is 2. The Morgan fingerprint density at radius 2 is 1.60 bits per heavy atom. The zero-order chi connectivity index (χ0) is 31.4. The number of rotatable bonds is 8. The van der Waals surface area contributed by atoms with Crippen LogP contribution >= 0.6 is 0 Å². The van der Waals surface area contributed by atoms with Crippen molar-refractivity contribution in [2.75, 3.05) is 0 Å². The van der Waals surface area contributed by atoms with Crippen molar-refractivity contribution in [3.8, 4) is 11.3 Å².